The zero-order valence-electron chi connectivity index (χ0n) is 10.9. The predicted molar refractivity (Wildman–Crippen MR) is 67.8 cm³/mol. The summed E-state index contributed by atoms with van der Waals surface area (Å²) < 4.78 is 10.7. The van der Waals surface area contributed by atoms with E-state index in [2.05, 4.69) is 0 Å². The fourth-order valence-electron chi connectivity index (χ4n) is 1.89. The molecule has 4 heteroatoms. The van der Waals surface area contributed by atoms with Gasteiger partial charge in [-0.15, -0.1) is 0 Å². The molecule has 4 nitrogen and oxygen atoms in total. The van der Waals surface area contributed by atoms with Crippen LogP contribution in [0.15, 0.2) is 12.1 Å². The van der Waals surface area contributed by atoms with Gasteiger partial charge in [-0.2, -0.15) is 0 Å². The Labute approximate surface area is 102 Å². The Morgan fingerprint density at radius 1 is 1.29 bits per heavy atom. The largest absolute Gasteiger partial charge is 0.496 e. The van der Waals surface area contributed by atoms with Gasteiger partial charge in [0.15, 0.2) is 0 Å². The molecule has 0 aliphatic rings. The van der Waals surface area contributed by atoms with E-state index in [-0.39, 0.29) is 6.61 Å². The van der Waals surface area contributed by atoms with E-state index in [9.17, 15) is 5.11 Å². The number of benzene rings is 1. The molecule has 0 saturated heterocycles. The van der Waals surface area contributed by atoms with Gasteiger partial charge in [-0.25, -0.2) is 0 Å². The maximum Gasteiger partial charge on any atom is 0.129 e. The number of aliphatic hydroxyl groups excluding tert-OH is 1. The number of rotatable bonds is 5. The monoisotopic (exact) mass is 239 g/mol. The summed E-state index contributed by atoms with van der Waals surface area (Å²) >= 11 is 0. The molecule has 1 aromatic carbocycles. The second-order valence-electron chi connectivity index (χ2n) is 4.40. The minimum atomic E-state index is -0.498. The van der Waals surface area contributed by atoms with E-state index < -0.39 is 5.41 Å². The topological polar surface area (TPSA) is 64.7 Å². The van der Waals surface area contributed by atoms with E-state index >= 15 is 0 Å². The van der Waals surface area contributed by atoms with Gasteiger partial charge < -0.3 is 20.3 Å². The Hall–Kier alpha value is -1.26. The molecule has 0 radical (unpaired) electrons. The third kappa shape index (κ3) is 2.37. The first-order chi connectivity index (χ1) is 8.03. The quantitative estimate of drug-likeness (QED) is 0.811. The van der Waals surface area contributed by atoms with Crippen LogP contribution in [-0.4, -0.2) is 32.5 Å². The van der Waals surface area contributed by atoms with Gasteiger partial charge in [0, 0.05) is 23.1 Å². The summed E-state index contributed by atoms with van der Waals surface area (Å²) in [5, 5.41) is 9.51. The van der Waals surface area contributed by atoms with E-state index in [0.29, 0.717) is 6.54 Å². The third-order valence-electron chi connectivity index (χ3n) is 3.23. The Kier molecular flexibility index (Phi) is 4.37. The van der Waals surface area contributed by atoms with Crippen LogP contribution >= 0.6 is 0 Å². The van der Waals surface area contributed by atoms with Crippen molar-refractivity contribution in [1.29, 1.82) is 0 Å². The smallest absolute Gasteiger partial charge is 0.129 e. The van der Waals surface area contributed by atoms with Crippen molar-refractivity contribution in [2.75, 3.05) is 27.4 Å². The molecule has 1 aromatic rings. The summed E-state index contributed by atoms with van der Waals surface area (Å²) in [6, 6.07) is 3.77. The van der Waals surface area contributed by atoms with E-state index in [1.807, 2.05) is 26.0 Å². The molecule has 0 saturated carbocycles. The van der Waals surface area contributed by atoms with Crippen LogP contribution in [0.5, 0.6) is 11.5 Å². The van der Waals surface area contributed by atoms with Crippen molar-refractivity contribution in [1.82, 2.24) is 0 Å². The molecule has 0 amide bonds. The molecule has 0 aliphatic heterocycles. The van der Waals surface area contributed by atoms with Gasteiger partial charge in [-0.05, 0) is 13.0 Å². The van der Waals surface area contributed by atoms with Crippen LogP contribution in [0.1, 0.15) is 18.1 Å². The molecular formula is C13H21NO3. The highest BCUT2D eigenvalue weighted by Gasteiger charge is 2.29. The number of methoxy groups -OCH3 is 2. The lowest BCUT2D eigenvalue weighted by molar-refractivity contribution is 0.206. The van der Waals surface area contributed by atoms with Crippen LogP contribution in [0.4, 0.5) is 0 Å². The molecule has 0 fully saturated rings. The average Bonchev–Trinajstić information content (AvgIpc) is 2.37. The fraction of sp³-hybridized carbons (Fsp3) is 0.538. The van der Waals surface area contributed by atoms with E-state index in [1.54, 1.807) is 14.2 Å². The maximum atomic E-state index is 9.51. The van der Waals surface area contributed by atoms with E-state index in [1.165, 1.54) is 0 Å². The normalized spacial score (nSPS) is 14.2. The van der Waals surface area contributed by atoms with E-state index in [4.69, 9.17) is 15.2 Å². The van der Waals surface area contributed by atoms with Gasteiger partial charge in [0.25, 0.3) is 0 Å². The number of nitrogens with two attached hydrogens (primary N) is 1. The Morgan fingerprint density at radius 3 is 2.35 bits per heavy atom. The van der Waals surface area contributed by atoms with Crippen LogP contribution in [0.3, 0.4) is 0 Å². The highest BCUT2D eigenvalue weighted by atomic mass is 16.5. The maximum absolute atomic E-state index is 9.51. The van der Waals surface area contributed by atoms with Gasteiger partial charge in [0.1, 0.15) is 11.5 Å². The molecule has 17 heavy (non-hydrogen) atoms. The summed E-state index contributed by atoms with van der Waals surface area (Å²) in [5.74, 6) is 1.49. The van der Waals surface area contributed by atoms with Crippen LogP contribution in [0.2, 0.25) is 0 Å². The number of hydrogen-bond acceptors (Lipinski definition) is 4. The molecule has 0 bridgehead atoms. The Balaban J connectivity index is 3.39. The molecule has 1 rings (SSSR count). The second kappa shape index (κ2) is 5.38. The average molecular weight is 239 g/mol. The second-order valence-corrected chi connectivity index (χ2v) is 4.40. The molecule has 1 atom stereocenters. The first-order valence-corrected chi connectivity index (χ1v) is 5.57. The highest BCUT2D eigenvalue weighted by molar-refractivity contribution is 5.52. The third-order valence-corrected chi connectivity index (χ3v) is 3.23. The first-order valence-electron chi connectivity index (χ1n) is 5.57. The molecular weight excluding hydrogens is 218 g/mol. The van der Waals surface area contributed by atoms with Gasteiger partial charge >= 0.3 is 0 Å². The van der Waals surface area contributed by atoms with Crippen LogP contribution in [0.25, 0.3) is 0 Å². The SMILES string of the molecule is COc1ccc(C(C)(CN)CO)c(OC)c1C. The fourth-order valence-corrected chi connectivity index (χ4v) is 1.89. The Morgan fingerprint density at radius 2 is 1.94 bits per heavy atom. The van der Waals surface area contributed by atoms with Crippen molar-refractivity contribution in [2.45, 2.75) is 19.3 Å². The molecule has 0 spiro atoms. The number of aliphatic hydroxyl groups is 1. The lowest BCUT2D eigenvalue weighted by Crippen LogP contribution is -2.36. The van der Waals surface area contributed by atoms with Gasteiger partial charge in [-0.1, -0.05) is 13.0 Å². The van der Waals surface area contributed by atoms with Gasteiger partial charge in [0.2, 0.25) is 0 Å². The highest BCUT2D eigenvalue weighted by Crippen LogP contribution is 2.37. The predicted octanol–water partition coefficient (Wildman–Crippen LogP) is 1.22. The summed E-state index contributed by atoms with van der Waals surface area (Å²) in [7, 11) is 3.23. The van der Waals surface area contributed by atoms with Crippen LogP contribution < -0.4 is 15.2 Å². The van der Waals surface area contributed by atoms with E-state index in [0.717, 1.165) is 22.6 Å². The molecule has 3 N–H and O–H groups in total. The van der Waals surface area contributed by atoms with Crippen molar-refractivity contribution in [3.63, 3.8) is 0 Å². The lowest BCUT2D eigenvalue weighted by atomic mass is 9.82. The summed E-state index contributed by atoms with van der Waals surface area (Å²) in [5.41, 5.74) is 7.07. The molecule has 96 valence electrons. The lowest BCUT2D eigenvalue weighted by Gasteiger charge is -2.29. The van der Waals surface area contributed by atoms with Crippen molar-refractivity contribution >= 4 is 0 Å². The summed E-state index contributed by atoms with van der Waals surface area (Å²) in [6.45, 7) is 4.17. The standard InChI is InChI=1S/C13H21NO3/c1-9-11(16-3)6-5-10(12(9)17-4)13(2,7-14)8-15/h5-6,15H,7-8,14H2,1-4H3. The van der Waals surface area contributed by atoms with Gasteiger partial charge in [-0.3, -0.25) is 0 Å². The minimum Gasteiger partial charge on any atom is -0.496 e. The van der Waals surface area contributed by atoms with Gasteiger partial charge in [0.05, 0.1) is 20.8 Å². The first kappa shape index (κ1) is 13.8. The van der Waals surface area contributed by atoms with Crippen molar-refractivity contribution < 1.29 is 14.6 Å². The molecule has 1 unspecified atom stereocenters. The molecule has 0 aliphatic carbocycles. The minimum absolute atomic E-state index is 0.0222. The molecule has 0 heterocycles. The van der Waals surface area contributed by atoms with Crippen LogP contribution in [-0.2, 0) is 5.41 Å². The van der Waals surface area contributed by atoms with Crippen molar-refractivity contribution in [3.05, 3.63) is 23.3 Å². The number of ether oxygens (including phenoxy) is 2. The summed E-state index contributed by atoms with van der Waals surface area (Å²) in [6.07, 6.45) is 0. The zero-order valence-corrected chi connectivity index (χ0v) is 10.9. The number of hydrogen-bond donors (Lipinski definition) is 2. The zero-order chi connectivity index (χ0) is 13.1. The molecule has 0 aromatic heterocycles. The van der Waals surface area contributed by atoms with Crippen molar-refractivity contribution in [2.24, 2.45) is 5.73 Å². The van der Waals surface area contributed by atoms with Crippen molar-refractivity contribution in [3.8, 4) is 11.5 Å². The summed E-state index contributed by atoms with van der Waals surface area (Å²) in [4.78, 5) is 0. The van der Waals surface area contributed by atoms with Crippen LogP contribution in [0, 0.1) is 6.92 Å². The Bertz CT molecular complexity index is 386.